The molecule has 7 nitrogen and oxygen atoms in total. The van der Waals surface area contributed by atoms with Crippen molar-refractivity contribution in [1.82, 2.24) is 15.5 Å². The van der Waals surface area contributed by atoms with Crippen molar-refractivity contribution in [2.75, 3.05) is 19.6 Å². The predicted octanol–water partition coefficient (Wildman–Crippen LogP) is -0.373. The summed E-state index contributed by atoms with van der Waals surface area (Å²) < 4.78 is 0. The molecule has 2 unspecified atom stereocenters. The van der Waals surface area contributed by atoms with Crippen LogP contribution in [0.4, 0.5) is 4.79 Å². The normalized spacial score (nSPS) is 19.4. The highest BCUT2D eigenvalue weighted by atomic mass is 16.4. The minimum Gasteiger partial charge on any atom is -0.481 e. The van der Waals surface area contributed by atoms with Crippen LogP contribution in [0.1, 0.15) is 20.3 Å². The molecule has 0 aliphatic carbocycles. The summed E-state index contributed by atoms with van der Waals surface area (Å²) in [4.78, 5) is 35.3. The highest BCUT2D eigenvalue weighted by Gasteiger charge is 2.24. The molecule has 18 heavy (non-hydrogen) atoms. The van der Waals surface area contributed by atoms with Crippen LogP contribution in [0, 0.1) is 5.92 Å². The van der Waals surface area contributed by atoms with E-state index in [-0.39, 0.29) is 18.4 Å². The monoisotopic (exact) mass is 257 g/mol. The second kappa shape index (κ2) is 6.23. The lowest BCUT2D eigenvalue weighted by molar-refractivity contribution is -0.141. The molecule has 0 aromatic rings. The highest BCUT2D eigenvalue weighted by Crippen LogP contribution is 2.04. The number of rotatable bonds is 3. The maximum Gasteiger partial charge on any atom is 0.317 e. The third kappa shape index (κ3) is 3.90. The molecule has 0 saturated carbocycles. The van der Waals surface area contributed by atoms with Gasteiger partial charge in [-0.3, -0.25) is 9.59 Å². The lowest BCUT2D eigenvalue weighted by atomic mass is 10.0. The third-order valence-corrected chi connectivity index (χ3v) is 3.09. The van der Waals surface area contributed by atoms with Crippen LogP contribution in [0.25, 0.3) is 0 Å². The van der Waals surface area contributed by atoms with E-state index in [4.69, 9.17) is 5.11 Å². The van der Waals surface area contributed by atoms with Gasteiger partial charge in [0.1, 0.15) is 0 Å². The van der Waals surface area contributed by atoms with E-state index in [0.717, 1.165) is 0 Å². The number of hydrogen-bond donors (Lipinski definition) is 3. The Kier molecular flexibility index (Phi) is 4.94. The Bertz CT molecular complexity index is 345. The van der Waals surface area contributed by atoms with Gasteiger partial charge in [0, 0.05) is 32.1 Å². The molecule has 1 saturated heterocycles. The van der Waals surface area contributed by atoms with E-state index in [1.165, 1.54) is 4.90 Å². The molecule has 0 aromatic carbocycles. The fraction of sp³-hybridized carbons (Fsp3) is 0.727. The minimum absolute atomic E-state index is 0.0720. The first kappa shape index (κ1) is 14.3. The number of nitrogens with one attached hydrogen (secondary N) is 2. The molecule has 102 valence electrons. The Balaban J connectivity index is 2.49. The topological polar surface area (TPSA) is 98.7 Å². The maximum atomic E-state index is 11.9. The second-order valence-electron chi connectivity index (χ2n) is 4.45. The van der Waals surface area contributed by atoms with Gasteiger partial charge in [-0.2, -0.15) is 0 Å². The first-order valence-electron chi connectivity index (χ1n) is 5.96. The Morgan fingerprint density at radius 2 is 2.06 bits per heavy atom. The summed E-state index contributed by atoms with van der Waals surface area (Å²) in [6.45, 7) is 4.41. The van der Waals surface area contributed by atoms with Crippen molar-refractivity contribution in [2.45, 2.75) is 26.3 Å². The summed E-state index contributed by atoms with van der Waals surface area (Å²) in [6, 6.07) is -0.783. The van der Waals surface area contributed by atoms with Crippen molar-refractivity contribution in [3.8, 4) is 0 Å². The van der Waals surface area contributed by atoms with Gasteiger partial charge in [-0.25, -0.2) is 4.79 Å². The molecular formula is C11H19N3O4. The first-order chi connectivity index (χ1) is 8.41. The molecule has 2 atom stereocenters. The maximum absolute atomic E-state index is 11.9. The second-order valence-corrected chi connectivity index (χ2v) is 4.45. The van der Waals surface area contributed by atoms with Gasteiger partial charge in [-0.15, -0.1) is 0 Å². The van der Waals surface area contributed by atoms with Crippen LogP contribution < -0.4 is 10.6 Å². The predicted molar refractivity (Wildman–Crippen MR) is 64.0 cm³/mol. The molecule has 1 rings (SSSR count). The van der Waals surface area contributed by atoms with E-state index in [0.29, 0.717) is 19.6 Å². The van der Waals surface area contributed by atoms with Crippen molar-refractivity contribution in [3.63, 3.8) is 0 Å². The fourth-order valence-electron chi connectivity index (χ4n) is 1.59. The standard InChI is InChI=1S/C11H19N3O4/c1-7(10(16)17)8(2)13-11(18)14-5-3-9(15)12-4-6-14/h7-8H,3-6H2,1-2H3,(H,12,15)(H,13,18)(H,16,17). The van der Waals surface area contributed by atoms with Gasteiger partial charge in [0.2, 0.25) is 5.91 Å². The number of hydrogen-bond acceptors (Lipinski definition) is 3. The molecule has 1 aliphatic rings. The Labute approximate surface area is 106 Å². The number of urea groups is 1. The number of carbonyl (C=O) groups is 3. The van der Waals surface area contributed by atoms with E-state index in [1.807, 2.05) is 0 Å². The largest absolute Gasteiger partial charge is 0.481 e. The molecule has 3 amide bonds. The summed E-state index contributed by atoms with van der Waals surface area (Å²) in [6.07, 6.45) is 0.274. The van der Waals surface area contributed by atoms with Crippen LogP contribution in [0.15, 0.2) is 0 Å². The van der Waals surface area contributed by atoms with Gasteiger partial charge in [-0.05, 0) is 13.8 Å². The van der Waals surface area contributed by atoms with E-state index in [2.05, 4.69) is 10.6 Å². The smallest absolute Gasteiger partial charge is 0.317 e. The van der Waals surface area contributed by atoms with E-state index in [9.17, 15) is 14.4 Å². The number of aliphatic carboxylic acids is 1. The van der Waals surface area contributed by atoms with Gasteiger partial charge in [0.15, 0.2) is 0 Å². The van der Waals surface area contributed by atoms with Crippen LogP contribution in [-0.2, 0) is 9.59 Å². The van der Waals surface area contributed by atoms with Gasteiger partial charge in [0.05, 0.1) is 5.92 Å². The third-order valence-electron chi connectivity index (χ3n) is 3.09. The molecule has 1 aliphatic heterocycles. The van der Waals surface area contributed by atoms with Crippen LogP contribution in [-0.4, -0.2) is 53.6 Å². The SMILES string of the molecule is CC(NC(=O)N1CCNC(=O)CC1)C(C)C(=O)O. The van der Waals surface area contributed by atoms with Crippen LogP contribution in [0.3, 0.4) is 0 Å². The molecule has 0 spiro atoms. The average molecular weight is 257 g/mol. The number of carboxylic acids is 1. The van der Waals surface area contributed by atoms with E-state index >= 15 is 0 Å². The van der Waals surface area contributed by atoms with Crippen LogP contribution in [0.2, 0.25) is 0 Å². The Morgan fingerprint density at radius 1 is 1.39 bits per heavy atom. The molecule has 1 fully saturated rings. The van der Waals surface area contributed by atoms with Crippen molar-refractivity contribution < 1.29 is 19.5 Å². The first-order valence-corrected chi connectivity index (χ1v) is 5.96. The fourth-order valence-corrected chi connectivity index (χ4v) is 1.59. The highest BCUT2D eigenvalue weighted by molar-refractivity contribution is 5.80. The molecule has 7 heteroatoms. The summed E-state index contributed by atoms with van der Waals surface area (Å²) in [5.41, 5.74) is 0. The minimum atomic E-state index is -0.949. The number of carbonyl (C=O) groups excluding carboxylic acids is 2. The van der Waals surface area contributed by atoms with Crippen molar-refractivity contribution >= 4 is 17.9 Å². The number of nitrogens with zero attached hydrogens (tertiary/aromatic N) is 1. The lowest BCUT2D eigenvalue weighted by Crippen LogP contribution is -2.48. The zero-order valence-electron chi connectivity index (χ0n) is 10.6. The van der Waals surface area contributed by atoms with Crippen molar-refractivity contribution in [3.05, 3.63) is 0 Å². The Morgan fingerprint density at radius 3 is 2.67 bits per heavy atom. The van der Waals surface area contributed by atoms with Gasteiger partial charge >= 0.3 is 12.0 Å². The summed E-state index contributed by atoms with van der Waals surface area (Å²) in [5.74, 6) is -1.67. The lowest BCUT2D eigenvalue weighted by Gasteiger charge is -2.24. The Hall–Kier alpha value is -1.79. The quantitative estimate of drug-likeness (QED) is 0.642. The molecule has 3 N–H and O–H groups in total. The van der Waals surface area contributed by atoms with Crippen molar-refractivity contribution in [2.24, 2.45) is 5.92 Å². The zero-order valence-corrected chi connectivity index (χ0v) is 10.6. The zero-order chi connectivity index (χ0) is 13.7. The molecule has 0 aromatic heterocycles. The van der Waals surface area contributed by atoms with Gasteiger partial charge in [-0.1, -0.05) is 0 Å². The summed E-state index contributed by atoms with van der Waals surface area (Å²) in [7, 11) is 0. The molecular weight excluding hydrogens is 238 g/mol. The van der Waals surface area contributed by atoms with Gasteiger partial charge in [0.25, 0.3) is 0 Å². The average Bonchev–Trinajstić information content (AvgIpc) is 2.52. The molecule has 1 heterocycles. The molecule has 0 radical (unpaired) electrons. The van der Waals surface area contributed by atoms with Gasteiger partial charge < -0.3 is 20.6 Å². The van der Waals surface area contributed by atoms with Crippen LogP contribution in [0.5, 0.6) is 0 Å². The van der Waals surface area contributed by atoms with E-state index < -0.39 is 17.9 Å². The summed E-state index contributed by atoms with van der Waals surface area (Å²) in [5, 5.41) is 14.1. The van der Waals surface area contributed by atoms with Crippen LogP contribution >= 0.6 is 0 Å². The van der Waals surface area contributed by atoms with E-state index in [1.54, 1.807) is 13.8 Å². The number of carboxylic acid groups (broad SMARTS) is 1. The molecule has 0 bridgehead atoms. The summed E-state index contributed by atoms with van der Waals surface area (Å²) >= 11 is 0. The van der Waals surface area contributed by atoms with Crippen molar-refractivity contribution in [1.29, 1.82) is 0 Å². The number of amides is 3.